The first-order chi connectivity index (χ1) is 11.8. The number of anilines is 2. The lowest BCUT2D eigenvalue weighted by atomic mass is 10.1. The van der Waals surface area contributed by atoms with Crippen molar-refractivity contribution in [2.75, 3.05) is 37.2 Å². The van der Waals surface area contributed by atoms with Gasteiger partial charge in [-0.05, 0) is 76.3 Å². The standard InChI is InChI=1S/C18H26N4O2S/c1-14-6-8-17(12-15(14)2)25(23,24)21-18-9-7-16(13-20-18)19-10-5-11-22(3)4/h6-9,12-13,19H,5,10-11H2,1-4H3,(H,20,21). The van der Waals surface area contributed by atoms with Crippen molar-refractivity contribution in [2.24, 2.45) is 0 Å². The van der Waals surface area contributed by atoms with Crippen LogP contribution in [0.15, 0.2) is 41.4 Å². The van der Waals surface area contributed by atoms with Gasteiger partial charge in [-0.1, -0.05) is 6.07 Å². The van der Waals surface area contributed by atoms with Gasteiger partial charge in [-0.2, -0.15) is 0 Å². The molecule has 6 nitrogen and oxygen atoms in total. The summed E-state index contributed by atoms with van der Waals surface area (Å²) < 4.78 is 27.4. The molecule has 0 aliphatic heterocycles. The number of nitrogens with zero attached hydrogens (tertiary/aromatic N) is 2. The molecule has 1 heterocycles. The number of rotatable bonds is 8. The molecule has 1 aromatic heterocycles. The molecule has 0 radical (unpaired) electrons. The first-order valence-corrected chi connectivity index (χ1v) is 9.71. The van der Waals surface area contributed by atoms with Crippen molar-refractivity contribution in [3.63, 3.8) is 0 Å². The van der Waals surface area contributed by atoms with E-state index in [1.165, 1.54) is 0 Å². The number of aryl methyl sites for hydroxylation is 2. The van der Waals surface area contributed by atoms with E-state index in [-0.39, 0.29) is 4.90 Å². The van der Waals surface area contributed by atoms with E-state index >= 15 is 0 Å². The van der Waals surface area contributed by atoms with Crippen LogP contribution in [0.3, 0.4) is 0 Å². The van der Waals surface area contributed by atoms with Crippen LogP contribution < -0.4 is 10.0 Å². The fourth-order valence-electron chi connectivity index (χ4n) is 2.26. The van der Waals surface area contributed by atoms with E-state index in [2.05, 4.69) is 19.9 Å². The summed E-state index contributed by atoms with van der Waals surface area (Å²) in [5, 5.41) is 3.27. The number of sulfonamides is 1. The lowest BCUT2D eigenvalue weighted by Gasteiger charge is -2.11. The SMILES string of the molecule is Cc1ccc(S(=O)(=O)Nc2ccc(NCCCN(C)C)cn2)cc1C. The minimum Gasteiger partial charge on any atom is -0.384 e. The molecular formula is C18H26N4O2S. The molecule has 0 fully saturated rings. The van der Waals surface area contributed by atoms with Gasteiger partial charge in [0.25, 0.3) is 10.0 Å². The Morgan fingerprint density at radius 3 is 2.44 bits per heavy atom. The lowest BCUT2D eigenvalue weighted by molar-refractivity contribution is 0.405. The van der Waals surface area contributed by atoms with Gasteiger partial charge >= 0.3 is 0 Å². The van der Waals surface area contributed by atoms with Crippen LogP contribution in [0.5, 0.6) is 0 Å². The molecule has 25 heavy (non-hydrogen) atoms. The Labute approximate surface area is 150 Å². The van der Waals surface area contributed by atoms with Gasteiger partial charge in [-0.15, -0.1) is 0 Å². The highest BCUT2D eigenvalue weighted by atomic mass is 32.2. The van der Waals surface area contributed by atoms with Crippen molar-refractivity contribution >= 4 is 21.5 Å². The van der Waals surface area contributed by atoms with Crippen LogP contribution in [0.4, 0.5) is 11.5 Å². The van der Waals surface area contributed by atoms with Crippen LogP contribution in [-0.4, -0.2) is 45.5 Å². The Hall–Kier alpha value is -2.12. The summed E-state index contributed by atoms with van der Waals surface area (Å²) in [7, 11) is 0.445. The fourth-order valence-corrected chi connectivity index (χ4v) is 3.36. The minimum atomic E-state index is -3.63. The molecule has 1 aromatic carbocycles. The van der Waals surface area contributed by atoms with Gasteiger partial charge in [-0.3, -0.25) is 4.72 Å². The van der Waals surface area contributed by atoms with Crippen LogP contribution in [0.1, 0.15) is 17.5 Å². The minimum absolute atomic E-state index is 0.239. The predicted octanol–water partition coefficient (Wildman–Crippen LogP) is 2.86. The molecule has 0 aliphatic rings. The van der Waals surface area contributed by atoms with Crippen molar-refractivity contribution in [2.45, 2.75) is 25.2 Å². The Morgan fingerprint density at radius 2 is 1.84 bits per heavy atom. The van der Waals surface area contributed by atoms with Gasteiger partial charge in [0.05, 0.1) is 16.8 Å². The maximum Gasteiger partial charge on any atom is 0.263 e. The van der Waals surface area contributed by atoms with E-state index in [4.69, 9.17) is 0 Å². The summed E-state index contributed by atoms with van der Waals surface area (Å²) in [6, 6.07) is 8.55. The second-order valence-corrected chi connectivity index (χ2v) is 8.05. The molecule has 0 amide bonds. The average Bonchev–Trinajstić information content (AvgIpc) is 2.55. The molecule has 0 saturated carbocycles. The molecule has 2 rings (SSSR count). The van der Waals surface area contributed by atoms with Crippen LogP contribution in [0, 0.1) is 13.8 Å². The molecule has 2 N–H and O–H groups in total. The quantitative estimate of drug-likeness (QED) is 0.707. The summed E-state index contributed by atoms with van der Waals surface area (Å²) in [5.41, 5.74) is 2.86. The Bertz CT molecular complexity index is 802. The third kappa shape index (κ3) is 5.72. The highest BCUT2D eigenvalue weighted by Crippen LogP contribution is 2.18. The van der Waals surface area contributed by atoms with E-state index in [1.54, 1.807) is 30.5 Å². The second kappa shape index (κ2) is 8.31. The summed E-state index contributed by atoms with van der Waals surface area (Å²) in [6.07, 6.45) is 2.65. The smallest absolute Gasteiger partial charge is 0.263 e. The van der Waals surface area contributed by atoms with E-state index < -0.39 is 10.0 Å². The van der Waals surface area contributed by atoms with Crippen LogP contribution >= 0.6 is 0 Å². The van der Waals surface area contributed by atoms with Gasteiger partial charge in [0.2, 0.25) is 0 Å². The van der Waals surface area contributed by atoms with Gasteiger partial charge in [0.1, 0.15) is 5.82 Å². The van der Waals surface area contributed by atoms with Gasteiger partial charge < -0.3 is 10.2 Å². The maximum atomic E-state index is 12.5. The predicted molar refractivity (Wildman–Crippen MR) is 103 cm³/mol. The molecule has 0 saturated heterocycles. The number of nitrogens with one attached hydrogen (secondary N) is 2. The zero-order valence-corrected chi connectivity index (χ0v) is 16.0. The molecule has 136 valence electrons. The molecule has 0 atom stereocenters. The van der Waals surface area contributed by atoms with E-state index in [1.807, 2.05) is 34.0 Å². The monoisotopic (exact) mass is 362 g/mol. The number of pyridine rings is 1. The number of aromatic nitrogens is 1. The largest absolute Gasteiger partial charge is 0.384 e. The summed E-state index contributed by atoms with van der Waals surface area (Å²) in [5.74, 6) is 0.303. The molecule has 2 aromatic rings. The summed E-state index contributed by atoms with van der Waals surface area (Å²) >= 11 is 0. The first kappa shape index (κ1) is 19.2. The second-order valence-electron chi connectivity index (χ2n) is 6.37. The Morgan fingerprint density at radius 1 is 1.08 bits per heavy atom. The zero-order chi connectivity index (χ0) is 18.4. The molecular weight excluding hydrogens is 336 g/mol. The highest BCUT2D eigenvalue weighted by Gasteiger charge is 2.15. The molecule has 0 spiro atoms. The third-order valence-electron chi connectivity index (χ3n) is 3.90. The maximum absolute atomic E-state index is 12.5. The number of hydrogen-bond donors (Lipinski definition) is 2. The van der Waals surface area contributed by atoms with Gasteiger partial charge in [0, 0.05) is 6.54 Å². The normalized spacial score (nSPS) is 11.6. The lowest BCUT2D eigenvalue weighted by Crippen LogP contribution is -2.16. The van der Waals surface area contributed by atoms with Crippen LogP contribution in [0.25, 0.3) is 0 Å². The molecule has 0 unspecified atom stereocenters. The molecule has 0 aliphatic carbocycles. The number of benzene rings is 1. The zero-order valence-electron chi connectivity index (χ0n) is 15.2. The van der Waals surface area contributed by atoms with E-state index in [0.29, 0.717) is 5.82 Å². The molecule has 7 heteroatoms. The van der Waals surface area contributed by atoms with Crippen molar-refractivity contribution in [3.8, 4) is 0 Å². The fraction of sp³-hybridized carbons (Fsp3) is 0.389. The van der Waals surface area contributed by atoms with Crippen molar-refractivity contribution in [1.29, 1.82) is 0 Å². The number of hydrogen-bond acceptors (Lipinski definition) is 5. The van der Waals surface area contributed by atoms with Crippen molar-refractivity contribution in [1.82, 2.24) is 9.88 Å². The van der Waals surface area contributed by atoms with E-state index in [9.17, 15) is 8.42 Å². The van der Waals surface area contributed by atoms with Crippen molar-refractivity contribution < 1.29 is 8.42 Å². The average molecular weight is 362 g/mol. The highest BCUT2D eigenvalue weighted by molar-refractivity contribution is 7.92. The van der Waals surface area contributed by atoms with Gasteiger partial charge in [0.15, 0.2) is 0 Å². The summed E-state index contributed by atoms with van der Waals surface area (Å²) in [4.78, 5) is 6.55. The van der Waals surface area contributed by atoms with E-state index in [0.717, 1.165) is 36.3 Å². The first-order valence-electron chi connectivity index (χ1n) is 8.22. The van der Waals surface area contributed by atoms with Crippen LogP contribution in [-0.2, 0) is 10.0 Å². The summed E-state index contributed by atoms with van der Waals surface area (Å²) in [6.45, 7) is 5.69. The topological polar surface area (TPSA) is 74.3 Å². The molecule has 0 bridgehead atoms. The Kier molecular flexibility index (Phi) is 6.39. The van der Waals surface area contributed by atoms with Gasteiger partial charge in [-0.25, -0.2) is 13.4 Å². The van der Waals surface area contributed by atoms with Crippen molar-refractivity contribution in [3.05, 3.63) is 47.7 Å². The van der Waals surface area contributed by atoms with Crippen LogP contribution in [0.2, 0.25) is 0 Å². The third-order valence-corrected chi connectivity index (χ3v) is 5.25. The Balaban J connectivity index is 1.99.